The number of aromatic hydroxyl groups is 1. The smallest absolute Gasteiger partial charge is 0.253 e. The predicted octanol–water partition coefficient (Wildman–Crippen LogP) is 2.59. The fourth-order valence-electron chi connectivity index (χ4n) is 1.70. The summed E-state index contributed by atoms with van der Waals surface area (Å²) in [7, 11) is 1.59. The van der Waals surface area contributed by atoms with Crippen molar-refractivity contribution in [1.82, 2.24) is 5.32 Å². The Bertz CT molecular complexity index is 403. The topological polar surface area (TPSA) is 58.6 Å². The van der Waals surface area contributed by atoms with Gasteiger partial charge in [0.25, 0.3) is 5.91 Å². The van der Waals surface area contributed by atoms with E-state index >= 15 is 0 Å². The molecule has 0 aromatic heterocycles. The van der Waals surface area contributed by atoms with Crippen LogP contribution < -0.4 is 5.32 Å². The van der Waals surface area contributed by atoms with Gasteiger partial charge in [-0.2, -0.15) is 0 Å². The number of phenolic OH excluding ortho intramolecular Hbond substituents is 1. The van der Waals surface area contributed by atoms with Crippen LogP contribution in [0.3, 0.4) is 0 Å². The molecule has 0 radical (unpaired) electrons. The van der Waals surface area contributed by atoms with Crippen molar-refractivity contribution in [3.8, 4) is 5.75 Å². The summed E-state index contributed by atoms with van der Waals surface area (Å²) in [6, 6.07) is 4.24. The van der Waals surface area contributed by atoms with Crippen LogP contribution in [0.25, 0.3) is 0 Å². The van der Waals surface area contributed by atoms with Crippen LogP contribution in [0.4, 0.5) is 0 Å². The lowest BCUT2D eigenvalue weighted by atomic mass is 10.1. The highest BCUT2D eigenvalue weighted by Crippen LogP contribution is 2.21. The summed E-state index contributed by atoms with van der Waals surface area (Å²) < 4.78 is 5.05. The molecule has 0 aliphatic carbocycles. The molecular formula is C13H18ClNO3. The zero-order valence-electron chi connectivity index (χ0n) is 10.6. The van der Waals surface area contributed by atoms with E-state index < -0.39 is 0 Å². The third kappa shape index (κ3) is 4.20. The number of amides is 1. The van der Waals surface area contributed by atoms with Crippen molar-refractivity contribution in [2.45, 2.75) is 25.8 Å². The van der Waals surface area contributed by atoms with Gasteiger partial charge in [-0.15, -0.1) is 0 Å². The molecule has 1 aromatic carbocycles. The normalized spacial score (nSPS) is 12.2. The highest BCUT2D eigenvalue weighted by Gasteiger charge is 2.15. The molecule has 2 N–H and O–H groups in total. The first-order valence-electron chi connectivity index (χ1n) is 5.86. The Hall–Kier alpha value is -1.26. The Kier molecular flexibility index (Phi) is 5.95. The van der Waals surface area contributed by atoms with E-state index in [4.69, 9.17) is 16.3 Å². The van der Waals surface area contributed by atoms with E-state index in [1.54, 1.807) is 7.11 Å². The van der Waals surface area contributed by atoms with E-state index in [0.29, 0.717) is 11.6 Å². The summed E-state index contributed by atoms with van der Waals surface area (Å²) in [6.45, 7) is 2.49. The minimum absolute atomic E-state index is 0.0170. The number of phenols is 1. The lowest BCUT2D eigenvalue weighted by Gasteiger charge is -2.17. The summed E-state index contributed by atoms with van der Waals surface area (Å²) in [5.74, 6) is -0.283. The summed E-state index contributed by atoms with van der Waals surface area (Å²) in [4.78, 5) is 12.0. The Morgan fingerprint density at radius 3 is 2.89 bits per heavy atom. The molecule has 0 aliphatic rings. The van der Waals surface area contributed by atoms with Gasteiger partial charge in [0, 0.05) is 7.11 Å². The second-order valence-corrected chi connectivity index (χ2v) is 4.49. The van der Waals surface area contributed by atoms with E-state index in [1.807, 2.05) is 6.92 Å². The summed E-state index contributed by atoms with van der Waals surface area (Å²) in [5, 5.41) is 12.5. The molecule has 0 aliphatic heterocycles. The van der Waals surface area contributed by atoms with Gasteiger partial charge in [-0.1, -0.05) is 24.9 Å². The van der Waals surface area contributed by atoms with Crippen LogP contribution >= 0.6 is 11.6 Å². The van der Waals surface area contributed by atoms with Crippen molar-refractivity contribution < 1.29 is 14.6 Å². The zero-order chi connectivity index (χ0) is 13.5. The SMILES string of the molecule is CCCC(COC)NC(=O)c1cc(O)ccc1Cl. The molecule has 1 unspecified atom stereocenters. The third-order valence-electron chi connectivity index (χ3n) is 2.53. The van der Waals surface area contributed by atoms with Crippen molar-refractivity contribution in [2.75, 3.05) is 13.7 Å². The molecule has 1 amide bonds. The second kappa shape index (κ2) is 7.24. The summed E-state index contributed by atoms with van der Waals surface area (Å²) in [5.41, 5.74) is 0.272. The van der Waals surface area contributed by atoms with Gasteiger partial charge in [0.1, 0.15) is 5.75 Å². The first kappa shape index (κ1) is 14.8. The van der Waals surface area contributed by atoms with Crippen molar-refractivity contribution >= 4 is 17.5 Å². The second-order valence-electron chi connectivity index (χ2n) is 4.08. The third-order valence-corrected chi connectivity index (χ3v) is 2.86. The lowest BCUT2D eigenvalue weighted by molar-refractivity contribution is 0.0891. The maximum atomic E-state index is 12.0. The molecule has 5 heteroatoms. The number of methoxy groups -OCH3 is 1. The highest BCUT2D eigenvalue weighted by molar-refractivity contribution is 6.33. The molecule has 0 fully saturated rings. The quantitative estimate of drug-likeness (QED) is 0.836. The van der Waals surface area contributed by atoms with Gasteiger partial charge in [0.2, 0.25) is 0 Å². The number of hydrogen-bond donors (Lipinski definition) is 2. The number of rotatable bonds is 6. The van der Waals surface area contributed by atoms with E-state index in [0.717, 1.165) is 12.8 Å². The van der Waals surface area contributed by atoms with Crippen molar-refractivity contribution in [3.05, 3.63) is 28.8 Å². The number of benzene rings is 1. The van der Waals surface area contributed by atoms with Crippen LogP contribution in [-0.2, 0) is 4.74 Å². The number of nitrogens with one attached hydrogen (secondary N) is 1. The maximum Gasteiger partial charge on any atom is 0.253 e. The minimum Gasteiger partial charge on any atom is -0.508 e. The minimum atomic E-state index is -0.300. The molecule has 0 heterocycles. The fraction of sp³-hybridized carbons (Fsp3) is 0.462. The summed E-state index contributed by atoms with van der Waals surface area (Å²) >= 11 is 5.93. The molecule has 0 saturated heterocycles. The van der Waals surface area contributed by atoms with Crippen LogP contribution in [0.15, 0.2) is 18.2 Å². The lowest BCUT2D eigenvalue weighted by Crippen LogP contribution is -2.38. The van der Waals surface area contributed by atoms with Crippen LogP contribution in [0, 0.1) is 0 Å². The Morgan fingerprint density at radius 2 is 2.28 bits per heavy atom. The maximum absolute atomic E-state index is 12.0. The average molecular weight is 272 g/mol. The van der Waals surface area contributed by atoms with E-state index in [9.17, 15) is 9.90 Å². The van der Waals surface area contributed by atoms with Crippen molar-refractivity contribution in [3.63, 3.8) is 0 Å². The molecule has 1 rings (SSSR count). The van der Waals surface area contributed by atoms with Crippen molar-refractivity contribution in [2.24, 2.45) is 0 Å². The molecule has 1 atom stereocenters. The predicted molar refractivity (Wildman–Crippen MR) is 71.2 cm³/mol. The van der Waals surface area contributed by atoms with Crippen LogP contribution in [0.1, 0.15) is 30.1 Å². The standard InChI is InChI=1S/C13H18ClNO3/c1-3-4-9(8-18-2)15-13(17)11-7-10(16)5-6-12(11)14/h5-7,9,16H,3-4,8H2,1-2H3,(H,15,17). The van der Waals surface area contributed by atoms with Gasteiger partial charge >= 0.3 is 0 Å². The molecule has 1 aromatic rings. The molecular weight excluding hydrogens is 254 g/mol. The number of halogens is 1. The number of carbonyl (C=O) groups excluding carboxylic acids is 1. The van der Waals surface area contributed by atoms with Crippen LogP contribution in [0.5, 0.6) is 5.75 Å². The largest absolute Gasteiger partial charge is 0.508 e. The Balaban J connectivity index is 2.76. The van der Waals surface area contributed by atoms with E-state index in [-0.39, 0.29) is 23.3 Å². The van der Waals surface area contributed by atoms with Gasteiger partial charge in [0.05, 0.1) is 23.2 Å². The monoisotopic (exact) mass is 271 g/mol. The van der Waals surface area contributed by atoms with Gasteiger partial charge in [-0.05, 0) is 24.6 Å². The van der Waals surface area contributed by atoms with Gasteiger partial charge in [-0.25, -0.2) is 0 Å². The average Bonchev–Trinajstić information content (AvgIpc) is 2.33. The van der Waals surface area contributed by atoms with Crippen LogP contribution in [0.2, 0.25) is 5.02 Å². The number of ether oxygens (including phenoxy) is 1. The highest BCUT2D eigenvalue weighted by atomic mass is 35.5. The summed E-state index contributed by atoms with van der Waals surface area (Å²) in [6.07, 6.45) is 1.78. The van der Waals surface area contributed by atoms with Gasteiger partial charge < -0.3 is 15.2 Å². The van der Waals surface area contributed by atoms with E-state index in [2.05, 4.69) is 5.32 Å². The zero-order valence-corrected chi connectivity index (χ0v) is 11.3. The molecule has 0 spiro atoms. The van der Waals surface area contributed by atoms with E-state index in [1.165, 1.54) is 18.2 Å². The Morgan fingerprint density at radius 1 is 1.56 bits per heavy atom. The van der Waals surface area contributed by atoms with Gasteiger partial charge in [0.15, 0.2) is 0 Å². The molecule has 0 saturated carbocycles. The first-order valence-corrected chi connectivity index (χ1v) is 6.24. The fourth-order valence-corrected chi connectivity index (χ4v) is 1.90. The molecule has 0 bridgehead atoms. The number of hydrogen-bond acceptors (Lipinski definition) is 3. The van der Waals surface area contributed by atoms with Gasteiger partial charge in [-0.3, -0.25) is 4.79 Å². The molecule has 18 heavy (non-hydrogen) atoms. The van der Waals surface area contributed by atoms with Crippen molar-refractivity contribution in [1.29, 1.82) is 0 Å². The first-order chi connectivity index (χ1) is 8.58. The Labute approximate surface area is 112 Å². The molecule has 4 nitrogen and oxygen atoms in total. The molecule has 100 valence electrons. The van der Waals surface area contributed by atoms with Crippen LogP contribution in [-0.4, -0.2) is 30.8 Å². The number of carbonyl (C=O) groups is 1.